The third-order valence-corrected chi connectivity index (χ3v) is 6.92. The molecule has 30 heavy (non-hydrogen) atoms. The number of fused-ring (bicyclic) bond motifs is 1. The summed E-state index contributed by atoms with van der Waals surface area (Å²) in [5.74, 6) is -0.617. The number of hydrogen-bond donors (Lipinski definition) is 2. The minimum atomic E-state index is -1.58. The highest BCUT2D eigenvalue weighted by molar-refractivity contribution is 6.33. The second-order valence-electron chi connectivity index (χ2n) is 7.74. The number of carbonyl (C=O) groups excluding carboxylic acids is 1. The van der Waals surface area contributed by atoms with Gasteiger partial charge in [0.15, 0.2) is 0 Å². The first-order valence-electron chi connectivity index (χ1n) is 9.59. The van der Waals surface area contributed by atoms with Gasteiger partial charge in [0, 0.05) is 17.8 Å². The molecule has 148 valence electrons. The summed E-state index contributed by atoms with van der Waals surface area (Å²) in [6, 6.07) is 16.5. The number of esters is 1. The lowest BCUT2D eigenvalue weighted by Gasteiger charge is -2.33. The lowest BCUT2D eigenvalue weighted by atomic mass is 9.69. The van der Waals surface area contributed by atoms with Crippen molar-refractivity contribution in [3.05, 3.63) is 69.9 Å². The maximum atomic E-state index is 13.2. The van der Waals surface area contributed by atoms with Crippen LogP contribution in [0.5, 0.6) is 0 Å². The third-order valence-electron chi connectivity index (χ3n) is 6.61. The molecule has 6 nitrogen and oxygen atoms in total. The average Bonchev–Trinajstić information content (AvgIpc) is 3.41. The minimum Gasteiger partial charge on any atom is -0.468 e. The second-order valence-corrected chi connectivity index (χ2v) is 8.15. The fourth-order valence-corrected chi connectivity index (χ4v) is 5.68. The molecule has 0 bridgehead atoms. The van der Waals surface area contributed by atoms with E-state index in [2.05, 4.69) is 22.8 Å². The Hall–Kier alpha value is -3.48. The van der Waals surface area contributed by atoms with Crippen LogP contribution < -0.4 is 10.6 Å². The number of rotatable bonds is 2. The van der Waals surface area contributed by atoms with E-state index in [1.54, 1.807) is 30.3 Å². The van der Waals surface area contributed by atoms with Crippen LogP contribution in [0.15, 0.2) is 48.2 Å². The maximum Gasteiger partial charge on any atom is 0.333 e. The molecule has 0 saturated carbocycles. The van der Waals surface area contributed by atoms with Gasteiger partial charge < -0.3 is 15.4 Å². The minimum absolute atomic E-state index is 0.507. The van der Waals surface area contributed by atoms with Crippen LogP contribution in [0.3, 0.4) is 0 Å². The van der Waals surface area contributed by atoms with Crippen LogP contribution in [0.4, 0.5) is 5.69 Å². The summed E-state index contributed by atoms with van der Waals surface area (Å²) in [6.07, 6.45) is 0.716. The number of hydrogen-bond acceptors (Lipinski definition) is 6. The molecule has 0 radical (unpaired) electrons. The van der Waals surface area contributed by atoms with Gasteiger partial charge in [-0.05, 0) is 35.7 Å². The predicted octanol–water partition coefficient (Wildman–Crippen LogP) is 3.34. The molecule has 1 aliphatic carbocycles. The number of anilines is 1. The van der Waals surface area contributed by atoms with E-state index in [1.165, 1.54) is 7.11 Å². The number of nitriles is 2. The van der Waals surface area contributed by atoms with Gasteiger partial charge in [-0.15, -0.1) is 0 Å². The molecule has 2 N–H and O–H groups in total. The number of nitrogens with one attached hydrogen (secondary N) is 2. The summed E-state index contributed by atoms with van der Waals surface area (Å²) < 4.78 is 5.18. The number of benzene rings is 2. The smallest absolute Gasteiger partial charge is 0.333 e. The highest BCUT2D eigenvalue weighted by atomic mass is 35.5. The first-order valence-corrected chi connectivity index (χ1v) is 9.97. The Morgan fingerprint density at radius 2 is 2.00 bits per heavy atom. The molecule has 2 unspecified atom stereocenters. The summed E-state index contributed by atoms with van der Waals surface area (Å²) in [7, 11) is 1.30. The Kier molecular flexibility index (Phi) is 3.87. The van der Waals surface area contributed by atoms with E-state index in [4.69, 9.17) is 21.6 Å². The normalized spacial score (nSPS) is 27.8. The molecular formula is C23H17ClN4O2. The number of nitrogens with zero attached hydrogens (tertiary/aromatic N) is 2. The molecule has 2 aromatic carbocycles. The third kappa shape index (κ3) is 1.99. The van der Waals surface area contributed by atoms with Crippen LogP contribution in [-0.2, 0) is 14.9 Å². The Morgan fingerprint density at radius 3 is 2.67 bits per heavy atom. The van der Waals surface area contributed by atoms with Crippen LogP contribution >= 0.6 is 11.6 Å². The van der Waals surface area contributed by atoms with Gasteiger partial charge in [-0.1, -0.05) is 35.9 Å². The fraction of sp³-hybridized carbons (Fsp3) is 0.261. The lowest BCUT2D eigenvalue weighted by Crippen LogP contribution is -2.50. The average molecular weight is 417 g/mol. The van der Waals surface area contributed by atoms with Gasteiger partial charge in [0.2, 0.25) is 5.41 Å². The zero-order valence-corrected chi connectivity index (χ0v) is 16.9. The number of methoxy groups -OCH3 is 1. The molecule has 0 aromatic heterocycles. The van der Waals surface area contributed by atoms with E-state index in [-0.39, 0.29) is 0 Å². The van der Waals surface area contributed by atoms with Crippen LogP contribution in [0, 0.1) is 28.1 Å². The van der Waals surface area contributed by atoms with E-state index in [9.17, 15) is 10.1 Å². The predicted molar refractivity (Wildman–Crippen MR) is 111 cm³/mol. The standard InChI is InChI=1S/C23H17ClN4O2/c1-30-21(29)23(12-26)17(14-7-5-13(11-25)6-8-14)19-22(9-10-27-19)15-3-2-4-16(24)18(15)28-20(22)23/h2-8,20,27-28H,9-10H2,1H3/t20?,22?,23-/m0/s1. The summed E-state index contributed by atoms with van der Waals surface area (Å²) in [5, 5.41) is 27.1. The van der Waals surface area contributed by atoms with Crippen LogP contribution in [0.1, 0.15) is 23.1 Å². The first kappa shape index (κ1) is 18.5. The van der Waals surface area contributed by atoms with E-state index >= 15 is 0 Å². The van der Waals surface area contributed by atoms with Crippen molar-refractivity contribution in [2.24, 2.45) is 5.41 Å². The zero-order valence-electron chi connectivity index (χ0n) is 16.1. The molecule has 5 rings (SSSR count). The molecule has 2 aromatic rings. The fourth-order valence-electron chi connectivity index (χ4n) is 5.45. The number of halogens is 1. The molecule has 1 spiro atoms. The molecule has 0 amide bonds. The van der Waals surface area contributed by atoms with Gasteiger partial charge in [0.1, 0.15) is 0 Å². The van der Waals surface area contributed by atoms with Gasteiger partial charge in [0.05, 0.1) is 47.0 Å². The van der Waals surface area contributed by atoms with Gasteiger partial charge in [-0.3, -0.25) is 0 Å². The molecule has 3 aliphatic rings. The van der Waals surface area contributed by atoms with E-state index in [0.717, 1.165) is 16.9 Å². The van der Waals surface area contributed by atoms with Crippen molar-refractivity contribution in [1.29, 1.82) is 10.5 Å². The molecule has 3 atom stereocenters. The van der Waals surface area contributed by atoms with Crippen molar-refractivity contribution in [2.75, 3.05) is 19.0 Å². The quantitative estimate of drug-likeness (QED) is 0.728. The maximum absolute atomic E-state index is 13.2. The Bertz CT molecular complexity index is 1210. The summed E-state index contributed by atoms with van der Waals surface area (Å²) in [4.78, 5) is 13.2. The van der Waals surface area contributed by atoms with Gasteiger partial charge >= 0.3 is 5.97 Å². The van der Waals surface area contributed by atoms with Crippen LogP contribution in [-0.4, -0.2) is 25.7 Å². The summed E-state index contributed by atoms with van der Waals surface area (Å²) in [5.41, 5.74) is 2.23. The van der Waals surface area contributed by atoms with E-state index in [0.29, 0.717) is 34.7 Å². The zero-order chi connectivity index (χ0) is 21.1. The van der Waals surface area contributed by atoms with Crippen LogP contribution in [0.2, 0.25) is 5.02 Å². The second kappa shape index (κ2) is 6.26. The number of carbonyl (C=O) groups is 1. The van der Waals surface area contributed by atoms with Crippen molar-refractivity contribution in [3.63, 3.8) is 0 Å². The van der Waals surface area contributed by atoms with Crippen LogP contribution in [0.25, 0.3) is 5.57 Å². The van der Waals surface area contributed by atoms with E-state index in [1.807, 2.05) is 12.1 Å². The Balaban J connectivity index is 1.86. The Morgan fingerprint density at radius 1 is 1.23 bits per heavy atom. The van der Waals surface area contributed by atoms with Crippen molar-refractivity contribution in [1.82, 2.24) is 5.32 Å². The topological polar surface area (TPSA) is 97.9 Å². The van der Waals surface area contributed by atoms with Crippen molar-refractivity contribution in [3.8, 4) is 12.1 Å². The monoisotopic (exact) mass is 416 g/mol. The highest BCUT2D eigenvalue weighted by Gasteiger charge is 2.71. The van der Waals surface area contributed by atoms with Crippen molar-refractivity contribution in [2.45, 2.75) is 17.9 Å². The highest BCUT2D eigenvalue weighted by Crippen LogP contribution is 2.65. The molecular weight excluding hydrogens is 400 g/mol. The summed E-state index contributed by atoms with van der Waals surface area (Å²) in [6.45, 7) is 0.710. The molecule has 1 fully saturated rings. The van der Waals surface area contributed by atoms with Gasteiger partial charge in [0.25, 0.3) is 0 Å². The first-order chi connectivity index (χ1) is 14.5. The summed E-state index contributed by atoms with van der Waals surface area (Å²) >= 11 is 6.48. The van der Waals surface area contributed by atoms with Crippen molar-refractivity contribution >= 4 is 28.8 Å². The Labute approximate surface area is 178 Å². The van der Waals surface area contributed by atoms with Gasteiger partial charge in [-0.25, -0.2) is 4.79 Å². The SMILES string of the molecule is COC(=O)[C@@]1(C#N)C(c2ccc(C#N)cc2)=C2NCCC23c2cccc(Cl)c2NC31. The molecule has 2 heterocycles. The molecule has 7 heteroatoms. The largest absolute Gasteiger partial charge is 0.468 e. The number of para-hydroxylation sites is 1. The molecule has 1 saturated heterocycles. The van der Waals surface area contributed by atoms with E-state index < -0.39 is 22.8 Å². The molecule has 2 aliphatic heterocycles. The van der Waals surface area contributed by atoms with Crippen molar-refractivity contribution < 1.29 is 9.53 Å². The lowest BCUT2D eigenvalue weighted by molar-refractivity contribution is -0.147. The number of ether oxygens (including phenoxy) is 1. The van der Waals surface area contributed by atoms with Gasteiger partial charge in [-0.2, -0.15) is 10.5 Å².